The summed E-state index contributed by atoms with van der Waals surface area (Å²) in [6.07, 6.45) is 5.11. The molecular formula is C14H16Br2O8Re2. The fourth-order valence-electron chi connectivity index (χ4n) is 1.02. The molecule has 0 spiro atoms. The molecule has 0 aromatic rings. The predicted octanol–water partition coefficient (Wildman–Crippen LogP) is 3.05. The van der Waals surface area contributed by atoms with Gasteiger partial charge in [0.15, 0.2) is 0 Å². The van der Waals surface area contributed by atoms with E-state index in [9.17, 15) is 0 Å². The first kappa shape index (κ1) is 50.4. The number of hydrogen-bond donors (Lipinski definition) is 0. The topological polar surface area (TPSA) is 138 Å². The Morgan fingerprint density at radius 3 is 0.577 bits per heavy atom. The van der Waals surface area contributed by atoms with E-state index in [1.165, 1.54) is 60.1 Å². The van der Waals surface area contributed by atoms with Gasteiger partial charge in [-0.1, -0.05) is 0 Å². The molecule has 0 aliphatic carbocycles. The second-order valence-electron chi connectivity index (χ2n) is 2.64. The van der Waals surface area contributed by atoms with E-state index in [4.69, 9.17) is 37.4 Å². The molecular weight excluding hydrogens is 828 g/mol. The van der Waals surface area contributed by atoms with Crippen LogP contribution in [0.3, 0.4) is 0 Å². The third-order valence-electron chi connectivity index (χ3n) is 1.65. The van der Waals surface area contributed by atoms with Gasteiger partial charge in [0, 0.05) is 26.4 Å². The Balaban J connectivity index is -0.0000000243. The first-order chi connectivity index (χ1) is 13.0. The van der Waals surface area contributed by atoms with Crippen molar-refractivity contribution in [3.8, 4) is 0 Å². The average Bonchev–Trinajstić information content (AvgIpc) is 3.58. The van der Waals surface area contributed by atoms with Crippen LogP contribution >= 0.6 is 26.9 Å². The monoisotopic (exact) mass is 844 g/mol. The van der Waals surface area contributed by atoms with Crippen LogP contribution in [0, 0.1) is 39.9 Å². The molecule has 0 unspecified atom stereocenters. The minimum absolute atomic E-state index is 1.00. The van der Waals surface area contributed by atoms with E-state index in [0.717, 1.165) is 26.4 Å². The van der Waals surface area contributed by atoms with E-state index in [1.54, 1.807) is 0 Å². The molecule has 12 heteroatoms. The molecule has 0 radical (unpaired) electrons. The van der Waals surface area contributed by atoms with E-state index >= 15 is 0 Å². The Labute approximate surface area is 189 Å². The fourth-order valence-corrected chi connectivity index (χ4v) is 1.02. The molecule has 8 nitrogen and oxygen atoms in total. The fraction of sp³-hybridized carbons (Fsp3) is 0.571. The quantitative estimate of drug-likeness (QED) is 0.274. The van der Waals surface area contributed by atoms with Gasteiger partial charge in [0.25, 0.3) is 0 Å². The molecule has 26 heavy (non-hydrogen) atoms. The van der Waals surface area contributed by atoms with Gasteiger partial charge in [0.2, 0.25) is 0 Å². The van der Waals surface area contributed by atoms with Crippen LogP contribution in [0.1, 0.15) is 25.7 Å². The molecule has 2 saturated heterocycles. The third kappa shape index (κ3) is 122. The average molecular weight is 844 g/mol. The SMILES string of the molecule is C1CCOC1.C1CCOC1.[Br][Re].[Br][Re].[C-]#[O+].[C-]#[O+].[C-]#[O+].[C-]#[O+].[C-]#[O+].[C-]#[O+]. The zero-order valence-electron chi connectivity index (χ0n) is 13.4. The summed E-state index contributed by atoms with van der Waals surface area (Å²) in [5.74, 6) is 0. The number of halogens is 2. The van der Waals surface area contributed by atoms with Crippen LogP contribution < -0.4 is 0 Å². The normalized spacial score (nSPS) is 10.2. The van der Waals surface area contributed by atoms with Gasteiger partial charge >= 0.3 is 129 Å². The van der Waals surface area contributed by atoms with Crippen LogP contribution in [-0.4, -0.2) is 26.4 Å². The van der Waals surface area contributed by atoms with E-state index in [-0.39, 0.29) is 0 Å². The Kier molecular flexibility index (Phi) is 267. The second-order valence-corrected chi connectivity index (χ2v) is 2.64. The van der Waals surface area contributed by atoms with E-state index in [2.05, 4.69) is 66.8 Å². The second kappa shape index (κ2) is 137. The van der Waals surface area contributed by atoms with Gasteiger partial charge in [0.05, 0.1) is 0 Å². The molecule has 148 valence electrons. The number of rotatable bonds is 0. The van der Waals surface area contributed by atoms with Crippen LogP contribution in [0.5, 0.6) is 0 Å². The Bertz CT molecular complexity index is 202. The molecule has 0 N–H and O–H groups in total. The summed E-state index contributed by atoms with van der Waals surface area (Å²) < 4.78 is 54.9. The molecule has 2 aliphatic rings. The predicted molar refractivity (Wildman–Crippen MR) is 81.5 cm³/mol. The van der Waals surface area contributed by atoms with Gasteiger partial charge in [-0.3, -0.25) is 0 Å². The van der Waals surface area contributed by atoms with Gasteiger partial charge in [-0.05, 0) is 25.7 Å². The summed E-state index contributed by atoms with van der Waals surface area (Å²) in [7, 11) is 0. The molecule has 0 atom stereocenters. The zero-order chi connectivity index (χ0) is 23.1. The minimum atomic E-state index is 1.00. The van der Waals surface area contributed by atoms with Gasteiger partial charge in [-0.25, -0.2) is 0 Å². The Morgan fingerprint density at radius 2 is 0.538 bits per heavy atom. The van der Waals surface area contributed by atoms with Crippen molar-refractivity contribution < 1.29 is 71.8 Å². The molecule has 0 bridgehead atoms. The van der Waals surface area contributed by atoms with Crippen molar-refractivity contribution in [1.82, 2.24) is 0 Å². The van der Waals surface area contributed by atoms with Crippen LogP contribution in [-0.2, 0) is 71.8 Å². The summed E-state index contributed by atoms with van der Waals surface area (Å²) in [5, 5.41) is 0. The van der Waals surface area contributed by atoms with Crippen LogP contribution in [0.4, 0.5) is 0 Å². The summed E-state index contributed by atoms with van der Waals surface area (Å²) in [6, 6.07) is 0. The molecule has 2 rings (SSSR count). The maximum atomic E-state index is 7.50. The molecule has 2 heterocycles. The maximum absolute atomic E-state index is 7.50. The summed E-state index contributed by atoms with van der Waals surface area (Å²) in [6.45, 7) is 31.0. The molecule has 0 aromatic carbocycles. The molecule has 2 aliphatic heterocycles. The summed E-state index contributed by atoms with van der Waals surface area (Å²) in [4.78, 5) is 0. The molecule has 0 aromatic heterocycles. The van der Waals surface area contributed by atoms with Crippen LogP contribution in [0.25, 0.3) is 0 Å². The Hall–Kier alpha value is 0.645. The van der Waals surface area contributed by atoms with Crippen molar-refractivity contribution in [1.29, 1.82) is 0 Å². The van der Waals surface area contributed by atoms with Gasteiger partial charge in [-0.15, -0.1) is 0 Å². The van der Waals surface area contributed by atoms with E-state index in [0.29, 0.717) is 0 Å². The first-order valence-electron chi connectivity index (χ1n) is 5.67. The van der Waals surface area contributed by atoms with Crippen molar-refractivity contribution in [3.63, 3.8) is 0 Å². The zero-order valence-corrected chi connectivity index (χ0v) is 22.0. The molecule has 2 fully saturated rings. The van der Waals surface area contributed by atoms with Crippen LogP contribution in [0.15, 0.2) is 0 Å². The van der Waals surface area contributed by atoms with Crippen molar-refractivity contribution in [2.75, 3.05) is 26.4 Å². The standard InChI is InChI=1S/2C4H8O.6CO.2BrH.2Re/c2*1-2-4-5-3-1;6*1-2;;;;/h2*1-4H2;;;;;;;2*1H;;/q;;;;;;;;;;2*+1/p-2. The van der Waals surface area contributed by atoms with Gasteiger partial charge in [-0.2, -0.15) is 0 Å². The van der Waals surface area contributed by atoms with Crippen molar-refractivity contribution in [2.45, 2.75) is 25.7 Å². The van der Waals surface area contributed by atoms with E-state index < -0.39 is 0 Å². The van der Waals surface area contributed by atoms with Crippen molar-refractivity contribution in [2.24, 2.45) is 0 Å². The summed E-state index contributed by atoms with van der Waals surface area (Å²) >= 11 is 9.06. The molecule has 0 amide bonds. The first-order valence-corrected chi connectivity index (χ1v) is 17.5. The van der Waals surface area contributed by atoms with Gasteiger partial charge in [0.1, 0.15) is 0 Å². The van der Waals surface area contributed by atoms with E-state index in [1.807, 2.05) is 0 Å². The van der Waals surface area contributed by atoms with Crippen molar-refractivity contribution >= 4 is 26.9 Å². The molecule has 0 saturated carbocycles. The Morgan fingerprint density at radius 1 is 0.423 bits per heavy atom. The third-order valence-corrected chi connectivity index (χ3v) is 1.65. The van der Waals surface area contributed by atoms with Crippen molar-refractivity contribution in [3.05, 3.63) is 39.9 Å². The summed E-state index contributed by atoms with van der Waals surface area (Å²) in [5.41, 5.74) is 0. The number of ether oxygens (including phenoxy) is 2. The van der Waals surface area contributed by atoms with Gasteiger partial charge < -0.3 is 9.47 Å². The number of hydrogen-bond acceptors (Lipinski definition) is 2. The van der Waals surface area contributed by atoms with Crippen LogP contribution in [0.2, 0.25) is 0 Å².